The molecule has 2 unspecified atom stereocenters. The topological polar surface area (TPSA) is 248 Å². The molecule has 3 atom stereocenters. The maximum Gasteiger partial charge on any atom is 0.352 e. The van der Waals surface area contributed by atoms with E-state index in [0.29, 0.717) is 22.1 Å². The number of thioether (sulfide) groups is 2. The van der Waals surface area contributed by atoms with Gasteiger partial charge in [0.2, 0.25) is 0 Å². The zero-order valence-electron chi connectivity index (χ0n) is 23.0. The molecule has 20 heteroatoms. The van der Waals surface area contributed by atoms with Crippen LogP contribution in [0, 0.1) is 6.92 Å². The molecule has 2 aliphatic rings. The Morgan fingerprint density at radius 2 is 2.07 bits per heavy atom. The van der Waals surface area contributed by atoms with Gasteiger partial charge in [0.1, 0.15) is 40.5 Å². The van der Waals surface area contributed by atoms with Gasteiger partial charge < -0.3 is 31.2 Å². The first kappa shape index (κ1) is 31.2. The number of amides is 2. The first-order valence-electron chi connectivity index (χ1n) is 12.8. The molecular formula is C24H25N9O8S3. The predicted octanol–water partition coefficient (Wildman–Crippen LogP) is 0.0785. The van der Waals surface area contributed by atoms with Crippen LogP contribution in [0.25, 0.3) is 5.78 Å². The maximum absolute atomic E-state index is 13.2. The minimum atomic E-state index is -1.29. The standard InChI is InChI=1S/C24H25N9O8S3/c1-9-3-14(33-24(26-9)28-13(5-34)30-33)42-6-11-7-43-21-17(20(38)32(21)18(11)22(39)40)29-19(37)16(12-8-44-23(25)27-12)31-41-10(2)4-15(35)36/h3,8,10,17,21,34H,4-7H2,1-2H3,(H2,25,27)(H,29,37)(H,35,36)(H,39,40)/t10?,17?,21-/m0/s1. The van der Waals surface area contributed by atoms with Gasteiger partial charge in [-0.2, -0.15) is 9.50 Å². The van der Waals surface area contributed by atoms with E-state index in [-0.39, 0.29) is 52.6 Å². The molecule has 1 fully saturated rings. The lowest BCUT2D eigenvalue weighted by molar-refractivity contribution is -0.150. The van der Waals surface area contributed by atoms with Gasteiger partial charge in [0, 0.05) is 22.6 Å². The fraction of sp³-hybridized carbons (Fsp3) is 0.375. The number of aryl methyl sites for hydroxylation is 1. The van der Waals surface area contributed by atoms with Crippen molar-refractivity contribution in [2.75, 3.05) is 17.2 Å². The number of aliphatic hydroxyl groups excluding tert-OH is 1. The van der Waals surface area contributed by atoms with E-state index >= 15 is 0 Å². The van der Waals surface area contributed by atoms with E-state index in [2.05, 4.69) is 30.5 Å². The van der Waals surface area contributed by atoms with Gasteiger partial charge in [-0.25, -0.2) is 14.8 Å². The Morgan fingerprint density at radius 1 is 1.30 bits per heavy atom. The van der Waals surface area contributed by atoms with Crippen LogP contribution in [0.4, 0.5) is 5.13 Å². The highest BCUT2D eigenvalue weighted by Crippen LogP contribution is 2.41. The lowest BCUT2D eigenvalue weighted by Crippen LogP contribution is -2.71. The number of carboxylic acids is 2. The molecule has 3 aromatic rings. The number of hydrogen-bond acceptors (Lipinski definition) is 15. The molecular weight excluding hydrogens is 639 g/mol. The molecule has 6 N–H and O–H groups in total. The van der Waals surface area contributed by atoms with Gasteiger partial charge in [-0.05, 0) is 25.5 Å². The van der Waals surface area contributed by atoms with Crippen molar-refractivity contribution in [1.29, 1.82) is 0 Å². The van der Waals surface area contributed by atoms with Crippen molar-refractivity contribution in [3.05, 3.63) is 39.9 Å². The minimum absolute atomic E-state index is 0.0665. The number of nitrogen functional groups attached to an aromatic ring is 1. The van der Waals surface area contributed by atoms with Crippen LogP contribution in [0.2, 0.25) is 0 Å². The summed E-state index contributed by atoms with van der Waals surface area (Å²) in [6.07, 6.45) is -1.24. The van der Waals surface area contributed by atoms with Crippen LogP contribution in [0.15, 0.2) is 32.9 Å². The fourth-order valence-corrected chi connectivity index (χ4v) is 7.44. The normalized spacial score (nSPS) is 19.0. The van der Waals surface area contributed by atoms with Crippen LogP contribution in [0.1, 0.15) is 30.6 Å². The van der Waals surface area contributed by atoms with Gasteiger partial charge in [0.25, 0.3) is 17.6 Å². The number of nitrogens with two attached hydrogens (primary N) is 1. The van der Waals surface area contributed by atoms with Gasteiger partial charge in [-0.15, -0.1) is 40.0 Å². The van der Waals surface area contributed by atoms with Crippen LogP contribution in [-0.2, 0) is 30.6 Å². The molecule has 2 amide bonds. The van der Waals surface area contributed by atoms with Crippen LogP contribution in [-0.4, -0.2) is 103 Å². The maximum atomic E-state index is 13.2. The number of oxime groups is 1. The van der Waals surface area contributed by atoms with Crippen LogP contribution in [0.3, 0.4) is 0 Å². The number of carbonyl (C=O) groups is 4. The summed E-state index contributed by atoms with van der Waals surface area (Å²) >= 11 is 3.62. The number of fused-ring (bicyclic) bond motifs is 2. The average molecular weight is 664 g/mol. The number of hydrogen-bond donors (Lipinski definition) is 5. The smallest absolute Gasteiger partial charge is 0.352 e. The molecule has 17 nitrogen and oxygen atoms in total. The Labute approximate surface area is 260 Å². The van der Waals surface area contributed by atoms with Gasteiger partial charge in [-0.3, -0.25) is 19.3 Å². The monoisotopic (exact) mass is 663 g/mol. The quantitative estimate of drug-likeness (QED) is 0.0566. The summed E-state index contributed by atoms with van der Waals surface area (Å²) in [7, 11) is 0. The van der Waals surface area contributed by atoms with Crippen molar-refractivity contribution in [3.63, 3.8) is 0 Å². The second kappa shape index (κ2) is 12.8. The van der Waals surface area contributed by atoms with E-state index in [1.807, 2.05) is 0 Å². The molecule has 44 heavy (non-hydrogen) atoms. The van der Waals surface area contributed by atoms with E-state index in [1.54, 1.807) is 13.0 Å². The number of carbonyl (C=O) groups excluding carboxylic acids is 2. The SMILES string of the molecule is Cc1cc(SCC2=C(C(=O)O)N3C(=O)C(NC(=O)C(=NOC(C)CC(=O)O)c4csc(N)n4)[C@@H]3SC2)n2nc(CO)nc2n1. The largest absolute Gasteiger partial charge is 0.481 e. The number of carboxylic acid groups (broad SMARTS) is 2. The summed E-state index contributed by atoms with van der Waals surface area (Å²) in [4.78, 5) is 68.6. The Balaban J connectivity index is 1.33. The summed E-state index contributed by atoms with van der Waals surface area (Å²) in [5.74, 6) is -2.90. The molecule has 232 valence electrons. The Morgan fingerprint density at radius 3 is 2.73 bits per heavy atom. The number of rotatable bonds is 12. The molecule has 3 aromatic heterocycles. The highest BCUT2D eigenvalue weighted by molar-refractivity contribution is 8.01. The third-order valence-corrected chi connectivity index (χ3v) is 9.38. The fourth-order valence-electron chi connectivity index (χ4n) is 4.36. The lowest BCUT2D eigenvalue weighted by Gasteiger charge is -2.49. The second-order valence-electron chi connectivity index (χ2n) is 9.57. The van der Waals surface area contributed by atoms with Crippen LogP contribution >= 0.6 is 34.9 Å². The number of aliphatic hydroxyl groups is 1. The summed E-state index contributed by atoms with van der Waals surface area (Å²) in [6.45, 7) is 2.87. The molecule has 5 rings (SSSR count). The zero-order chi connectivity index (χ0) is 31.7. The number of nitrogens with zero attached hydrogens (tertiary/aromatic N) is 7. The summed E-state index contributed by atoms with van der Waals surface area (Å²) < 4.78 is 1.46. The van der Waals surface area contributed by atoms with Gasteiger partial charge in [-0.1, -0.05) is 5.16 Å². The Kier molecular flexibility index (Phi) is 9.04. The average Bonchev–Trinajstić information content (AvgIpc) is 3.59. The molecule has 0 spiro atoms. The van der Waals surface area contributed by atoms with Gasteiger partial charge in [0.15, 0.2) is 16.7 Å². The Bertz CT molecular complexity index is 1720. The summed E-state index contributed by atoms with van der Waals surface area (Å²) in [5, 5.41) is 40.6. The van der Waals surface area contributed by atoms with E-state index in [9.17, 15) is 29.4 Å². The van der Waals surface area contributed by atoms with Crippen molar-refractivity contribution < 1.29 is 39.3 Å². The Hall–Kier alpha value is -4.27. The molecule has 0 bridgehead atoms. The first-order valence-corrected chi connectivity index (χ1v) is 15.7. The number of β-lactam (4-membered cyclic amide) rings is 1. The van der Waals surface area contributed by atoms with Crippen LogP contribution in [0.5, 0.6) is 0 Å². The number of anilines is 1. The molecule has 0 aliphatic carbocycles. The summed E-state index contributed by atoms with van der Waals surface area (Å²) in [5.41, 5.74) is 6.44. The minimum Gasteiger partial charge on any atom is -0.481 e. The highest BCUT2D eigenvalue weighted by Gasteiger charge is 2.54. The molecule has 2 aliphatic heterocycles. The van der Waals surface area contributed by atoms with Crippen molar-refractivity contribution >= 4 is 75.2 Å². The molecule has 0 aromatic carbocycles. The molecule has 1 saturated heterocycles. The van der Waals surface area contributed by atoms with Gasteiger partial charge >= 0.3 is 11.9 Å². The second-order valence-corrected chi connectivity index (χ2v) is 12.6. The zero-order valence-corrected chi connectivity index (χ0v) is 25.5. The van der Waals surface area contributed by atoms with E-state index in [1.165, 1.54) is 40.3 Å². The molecule has 0 radical (unpaired) electrons. The van der Waals surface area contributed by atoms with Crippen molar-refractivity contribution in [1.82, 2.24) is 34.8 Å². The van der Waals surface area contributed by atoms with Crippen molar-refractivity contribution in [2.24, 2.45) is 5.16 Å². The molecule has 5 heterocycles. The number of thiazole rings is 1. The van der Waals surface area contributed by atoms with Crippen LogP contribution < -0.4 is 11.1 Å². The van der Waals surface area contributed by atoms with Crippen molar-refractivity contribution in [2.45, 2.75) is 49.4 Å². The number of aliphatic carboxylic acids is 2. The predicted molar refractivity (Wildman–Crippen MR) is 158 cm³/mol. The third-order valence-electron chi connectivity index (χ3n) is 6.29. The highest BCUT2D eigenvalue weighted by atomic mass is 32.2. The lowest BCUT2D eigenvalue weighted by atomic mass is 10.0. The van der Waals surface area contributed by atoms with Crippen molar-refractivity contribution in [3.8, 4) is 0 Å². The molecule has 0 saturated carbocycles. The number of nitrogens with one attached hydrogen (secondary N) is 1. The van der Waals surface area contributed by atoms with Gasteiger partial charge in [0.05, 0.1) is 6.42 Å². The summed E-state index contributed by atoms with van der Waals surface area (Å²) in [6, 6.07) is 0.692. The first-order chi connectivity index (χ1) is 21.0. The van der Waals surface area contributed by atoms with E-state index in [4.69, 9.17) is 15.7 Å². The van der Waals surface area contributed by atoms with E-state index in [0.717, 1.165) is 16.2 Å². The third kappa shape index (κ3) is 6.32. The van der Waals surface area contributed by atoms with E-state index < -0.39 is 41.3 Å². The number of aromatic nitrogens is 5.